The van der Waals surface area contributed by atoms with Crippen molar-refractivity contribution < 1.29 is 4.21 Å². The molecule has 0 radical (unpaired) electrons. The number of hydrogen-bond acceptors (Lipinski definition) is 1. The molecule has 0 saturated carbocycles. The van der Waals surface area contributed by atoms with Crippen molar-refractivity contribution in [3.63, 3.8) is 0 Å². The summed E-state index contributed by atoms with van der Waals surface area (Å²) in [7, 11) is -1.01. The standard InChI is InChI=1S/C14H12Cl2OS/c15-13-7-3-1-5-11(13)9-18(17)10-12-6-2-4-8-14(12)16/h1-8H,9-10H2. The molecule has 0 saturated heterocycles. The van der Waals surface area contributed by atoms with E-state index in [1.54, 1.807) is 0 Å². The van der Waals surface area contributed by atoms with Gasteiger partial charge in [0.15, 0.2) is 0 Å². The Bertz CT molecular complexity index is 520. The van der Waals surface area contributed by atoms with Gasteiger partial charge >= 0.3 is 0 Å². The van der Waals surface area contributed by atoms with E-state index in [0.717, 1.165) is 11.1 Å². The zero-order chi connectivity index (χ0) is 13.0. The van der Waals surface area contributed by atoms with Crippen LogP contribution in [0.5, 0.6) is 0 Å². The van der Waals surface area contributed by atoms with Gasteiger partial charge in [0.1, 0.15) is 0 Å². The van der Waals surface area contributed by atoms with Crippen molar-refractivity contribution in [3.8, 4) is 0 Å². The Labute approximate surface area is 119 Å². The Kier molecular flexibility index (Phi) is 4.81. The van der Waals surface area contributed by atoms with E-state index in [1.807, 2.05) is 48.5 Å². The molecule has 0 unspecified atom stereocenters. The second kappa shape index (κ2) is 6.37. The van der Waals surface area contributed by atoms with Crippen LogP contribution in [0.4, 0.5) is 0 Å². The predicted octanol–water partition coefficient (Wildman–Crippen LogP) is 4.44. The number of hydrogen-bond donors (Lipinski definition) is 0. The second-order valence-electron chi connectivity index (χ2n) is 3.91. The largest absolute Gasteiger partial charge is 0.259 e. The molecule has 18 heavy (non-hydrogen) atoms. The highest BCUT2D eigenvalue weighted by molar-refractivity contribution is 7.83. The Morgan fingerprint density at radius 3 is 1.56 bits per heavy atom. The minimum absolute atomic E-state index is 0.449. The average Bonchev–Trinajstić information content (AvgIpc) is 2.35. The zero-order valence-corrected chi connectivity index (χ0v) is 11.9. The van der Waals surface area contributed by atoms with Crippen molar-refractivity contribution >= 4 is 34.0 Å². The van der Waals surface area contributed by atoms with E-state index in [-0.39, 0.29) is 0 Å². The quantitative estimate of drug-likeness (QED) is 0.815. The molecule has 0 aromatic heterocycles. The Hall–Kier alpha value is -0.830. The van der Waals surface area contributed by atoms with Gasteiger partial charge in [0.05, 0.1) is 11.5 Å². The van der Waals surface area contributed by atoms with Crippen molar-refractivity contribution in [1.29, 1.82) is 0 Å². The molecule has 2 aromatic rings. The van der Waals surface area contributed by atoms with Crippen molar-refractivity contribution in [2.75, 3.05) is 0 Å². The molecule has 2 rings (SSSR count). The summed E-state index contributed by atoms with van der Waals surface area (Å²) in [5, 5.41) is 1.31. The third-order valence-electron chi connectivity index (χ3n) is 2.55. The molecule has 1 nitrogen and oxygen atoms in total. The van der Waals surface area contributed by atoms with E-state index in [0.29, 0.717) is 21.6 Å². The van der Waals surface area contributed by atoms with E-state index >= 15 is 0 Å². The lowest BCUT2D eigenvalue weighted by atomic mass is 10.2. The van der Waals surface area contributed by atoms with Gasteiger partial charge in [-0.15, -0.1) is 0 Å². The second-order valence-corrected chi connectivity index (χ2v) is 6.18. The van der Waals surface area contributed by atoms with E-state index < -0.39 is 10.8 Å². The highest BCUT2D eigenvalue weighted by atomic mass is 35.5. The summed E-state index contributed by atoms with van der Waals surface area (Å²) >= 11 is 12.1. The molecule has 0 atom stereocenters. The molecule has 2 aromatic carbocycles. The highest BCUT2D eigenvalue weighted by Gasteiger charge is 2.08. The molecule has 94 valence electrons. The molecule has 0 aliphatic carbocycles. The molecular weight excluding hydrogens is 287 g/mol. The molecular formula is C14H12Cl2OS. The van der Waals surface area contributed by atoms with Gasteiger partial charge in [0.25, 0.3) is 0 Å². The summed E-state index contributed by atoms with van der Waals surface area (Å²) in [4.78, 5) is 0. The fraction of sp³-hybridized carbons (Fsp3) is 0.143. The van der Waals surface area contributed by atoms with Crippen LogP contribution < -0.4 is 0 Å². The molecule has 0 bridgehead atoms. The minimum Gasteiger partial charge on any atom is -0.259 e. The van der Waals surface area contributed by atoms with E-state index in [9.17, 15) is 4.21 Å². The fourth-order valence-corrected chi connectivity index (χ4v) is 3.49. The van der Waals surface area contributed by atoms with Crippen LogP contribution >= 0.6 is 23.2 Å². The average molecular weight is 299 g/mol. The Balaban J connectivity index is 2.06. The van der Waals surface area contributed by atoms with E-state index in [4.69, 9.17) is 23.2 Å². The minimum atomic E-state index is -1.01. The van der Waals surface area contributed by atoms with Crippen LogP contribution in [0.15, 0.2) is 48.5 Å². The lowest BCUT2D eigenvalue weighted by Crippen LogP contribution is -2.00. The maximum absolute atomic E-state index is 12.1. The van der Waals surface area contributed by atoms with E-state index in [1.165, 1.54) is 0 Å². The summed E-state index contributed by atoms with van der Waals surface area (Å²) in [6.07, 6.45) is 0. The third kappa shape index (κ3) is 3.58. The number of halogens is 2. The summed E-state index contributed by atoms with van der Waals surface area (Å²) in [6, 6.07) is 14.9. The molecule has 4 heteroatoms. The number of rotatable bonds is 4. The van der Waals surface area contributed by atoms with Gasteiger partial charge in [0, 0.05) is 20.8 Å². The summed E-state index contributed by atoms with van der Waals surface area (Å²) in [5.41, 5.74) is 1.81. The molecule has 0 heterocycles. The van der Waals surface area contributed by atoms with Crippen LogP contribution in [-0.4, -0.2) is 4.21 Å². The third-order valence-corrected chi connectivity index (χ3v) is 4.55. The molecule has 0 amide bonds. The van der Waals surface area contributed by atoms with Gasteiger partial charge in [0.2, 0.25) is 0 Å². The molecule has 0 N–H and O–H groups in total. The summed E-state index contributed by atoms with van der Waals surface area (Å²) in [6.45, 7) is 0. The van der Waals surface area contributed by atoms with Gasteiger partial charge < -0.3 is 0 Å². The first-order chi connectivity index (χ1) is 8.66. The Morgan fingerprint density at radius 2 is 1.17 bits per heavy atom. The van der Waals surface area contributed by atoms with Crippen LogP contribution in [0.2, 0.25) is 10.0 Å². The molecule has 0 fully saturated rings. The number of benzene rings is 2. The maximum Gasteiger partial charge on any atom is 0.0503 e. The SMILES string of the molecule is O=S(Cc1ccccc1Cl)Cc1ccccc1Cl. The topological polar surface area (TPSA) is 17.1 Å². The van der Waals surface area contributed by atoms with Crippen LogP contribution in [0.1, 0.15) is 11.1 Å². The van der Waals surface area contributed by atoms with Crippen LogP contribution in [0, 0.1) is 0 Å². The zero-order valence-electron chi connectivity index (χ0n) is 9.61. The molecule has 0 spiro atoms. The maximum atomic E-state index is 12.1. The smallest absolute Gasteiger partial charge is 0.0503 e. The van der Waals surface area contributed by atoms with Crippen LogP contribution in [0.25, 0.3) is 0 Å². The van der Waals surface area contributed by atoms with Crippen LogP contribution in [0.3, 0.4) is 0 Å². The van der Waals surface area contributed by atoms with Gasteiger partial charge in [-0.3, -0.25) is 4.21 Å². The van der Waals surface area contributed by atoms with Crippen molar-refractivity contribution in [1.82, 2.24) is 0 Å². The lowest BCUT2D eigenvalue weighted by Gasteiger charge is -2.06. The van der Waals surface area contributed by atoms with Gasteiger partial charge in [-0.25, -0.2) is 0 Å². The van der Waals surface area contributed by atoms with Crippen molar-refractivity contribution in [2.24, 2.45) is 0 Å². The monoisotopic (exact) mass is 298 g/mol. The van der Waals surface area contributed by atoms with Gasteiger partial charge in [-0.05, 0) is 23.3 Å². The lowest BCUT2D eigenvalue weighted by molar-refractivity contribution is 0.682. The van der Waals surface area contributed by atoms with E-state index in [2.05, 4.69) is 0 Å². The highest BCUT2D eigenvalue weighted by Crippen LogP contribution is 2.20. The van der Waals surface area contributed by atoms with Gasteiger partial charge in [-0.1, -0.05) is 59.6 Å². The molecule has 0 aliphatic heterocycles. The summed E-state index contributed by atoms with van der Waals surface area (Å²) in [5.74, 6) is 0.899. The fourth-order valence-electron chi connectivity index (χ4n) is 1.63. The Morgan fingerprint density at radius 1 is 0.778 bits per heavy atom. The first-order valence-electron chi connectivity index (χ1n) is 5.48. The van der Waals surface area contributed by atoms with Crippen LogP contribution in [-0.2, 0) is 22.3 Å². The normalized spacial score (nSPS) is 10.8. The summed E-state index contributed by atoms with van der Waals surface area (Å²) < 4.78 is 12.1. The predicted molar refractivity (Wildman–Crippen MR) is 78.5 cm³/mol. The van der Waals surface area contributed by atoms with Crippen molar-refractivity contribution in [3.05, 3.63) is 69.7 Å². The molecule has 0 aliphatic rings. The first kappa shape index (κ1) is 13.6. The first-order valence-corrected chi connectivity index (χ1v) is 7.73. The van der Waals surface area contributed by atoms with Crippen molar-refractivity contribution in [2.45, 2.75) is 11.5 Å². The van der Waals surface area contributed by atoms with Gasteiger partial charge in [-0.2, -0.15) is 0 Å².